The Morgan fingerprint density at radius 3 is 2.88 bits per heavy atom. The van der Waals surface area contributed by atoms with Gasteiger partial charge in [0.05, 0.1) is 8.94 Å². The number of H-pyrrole nitrogens is 1. The zero-order valence-electron chi connectivity index (χ0n) is 9.77. The molecule has 1 aromatic rings. The number of rotatable bonds is 2. The van der Waals surface area contributed by atoms with Crippen LogP contribution in [0.15, 0.2) is 15.8 Å². The summed E-state index contributed by atoms with van der Waals surface area (Å²) >= 11 is 3.80. The van der Waals surface area contributed by atoms with Crippen LogP contribution < -0.4 is 11.2 Å². The summed E-state index contributed by atoms with van der Waals surface area (Å²) in [6, 6.07) is 0. The minimum atomic E-state index is -0.296. The Hall–Kier alpha value is -0.240. The monoisotopic (exact) mass is 366 g/mol. The molecular weight excluding hydrogens is 351 g/mol. The smallest absolute Gasteiger partial charge is 0.287 e. The topological polar surface area (TPSA) is 54.9 Å². The van der Waals surface area contributed by atoms with Crippen LogP contribution in [0.3, 0.4) is 0 Å². The van der Waals surface area contributed by atoms with Gasteiger partial charge in [-0.2, -0.15) is 0 Å². The van der Waals surface area contributed by atoms with E-state index in [4.69, 9.17) is 0 Å². The predicted octanol–water partition coefficient (Wildman–Crippen LogP) is 2.19. The molecular formula is C11H15IN2O2S. The number of halogens is 1. The van der Waals surface area contributed by atoms with Gasteiger partial charge in [0.1, 0.15) is 0 Å². The number of hydrogen-bond acceptors (Lipinski definition) is 3. The minimum absolute atomic E-state index is 0.160. The van der Waals surface area contributed by atoms with Crippen LogP contribution >= 0.6 is 34.4 Å². The fraction of sp³-hybridized carbons (Fsp3) is 0.636. The molecule has 1 aromatic heterocycles. The zero-order valence-corrected chi connectivity index (χ0v) is 12.7. The lowest BCUT2D eigenvalue weighted by atomic mass is 10.0. The fourth-order valence-electron chi connectivity index (χ4n) is 2.21. The van der Waals surface area contributed by atoms with Crippen LogP contribution in [-0.4, -0.2) is 14.8 Å². The maximum absolute atomic E-state index is 11.8. The first-order valence-corrected chi connectivity index (χ1v) is 7.71. The summed E-state index contributed by atoms with van der Waals surface area (Å²) in [5.74, 6) is 0.617. The van der Waals surface area contributed by atoms with Gasteiger partial charge in [-0.1, -0.05) is 13.8 Å². The zero-order chi connectivity index (χ0) is 12.6. The quantitative estimate of drug-likeness (QED) is 0.817. The van der Waals surface area contributed by atoms with Gasteiger partial charge in [0.15, 0.2) is 0 Å². The van der Waals surface area contributed by atoms with Crippen molar-refractivity contribution >= 4 is 34.4 Å². The van der Waals surface area contributed by atoms with Gasteiger partial charge in [-0.05, 0) is 41.4 Å². The summed E-state index contributed by atoms with van der Waals surface area (Å²) in [6.07, 6.45) is 3.78. The summed E-state index contributed by atoms with van der Waals surface area (Å²) in [5, 5.41) is 0.768. The average molecular weight is 366 g/mol. The number of aromatic amines is 1. The van der Waals surface area contributed by atoms with Crippen molar-refractivity contribution in [2.75, 3.05) is 0 Å². The molecule has 3 atom stereocenters. The van der Waals surface area contributed by atoms with E-state index < -0.39 is 0 Å². The third kappa shape index (κ3) is 2.62. The minimum Gasteiger partial charge on any atom is -0.287 e. The molecule has 0 spiro atoms. The van der Waals surface area contributed by atoms with Gasteiger partial charge in [-0.3, -0.25) is 14.3 Å². The van der Waals surface area contributed by atoms with Crippen molar-refractivity contribution < 1.29 is 0 Å². The summed E-state index contributed by atoms with van der Waals surface area (Å²) in [4.78, 5) is 25.4. The van der Waals surface area contributed by atoms with Crippen LogP contribution in [0.1, 0.15) is 32.1 Å². The van der Waals surface area contributed by atoms with Crippen LogP contribution in [-0.2, 0) is 0 Å². The van der Waals surface area contributed by atoms with Crippen LogP contribution in [0, 0.1) is 9.49 Å². The Balaban J connectivity index is 2.34. The van der Waals surface area contributed by atoms with Crippen molar-refractivity contribution in [1.29, 1.82) is 0 Å². The molecule has 1 fully saturated rings. The molecule has 0 radical (unpaired) electrons. The molecule has 0 bridgehead atoms. The van der Waals surface area contributed by atoms with E-state index in [0.717, 1.165) is 12.8 Å². The van der Waals surface area contributed by atoms with Crippen LogP contribution in [0.2, 0.25) is 0 Å². The first kappa shape index (κ1) is 13.2. The lowest BCUT2D eigenvalue weighted by molar-refractivity contribution is 0.479. The maximum Gasteiger partial charge on any atom is 0.329 e. The summed E-state index contributed by atoms with van der Waals surface area (Å²) in [7, 11) is 0. The largest absolute Gasteiger partial charge is 0.329 e. The second-order valence-electron chi connectivity index (χ2n) is 4.39. The highest BCUT2D eigenvalue weighted by molar-refractivity contribution is 14.1. The van der Waals surface area contributed by atoms with Crippen molar-refractivity contribution in [1.82, 2.24) is 9.55 Å². The van der Waals surface area contributed by atoms with Crippen molar-refractivity contribution in [2.24, 2.45) is 5.92 Å². The van der Waals surface area contributed by atoms with Crippen molar-refractivity contribution in [2.45, 2.75) is 37.3 Å². The summed E-state index contributed by atoms with van der Waals surface area (Å²) < 4.78 is 2.23. The molecule has 3 unspecified atom stereocenters. The number of thioether (sulfide) groups is 1. The maximum atomic E-state index is 11.8. The molecule has 0 amide bonds. The molecule has 2 heterocycles. The lowest BCUT2D eigenvalue weighted by Gasteiger charge is -2.13. The van der Waals surface area contributed by atoms with Gasteiger partial charge in [0.25, 0.3) is 5.56 Å². The number of nitrogens with one attached hydrogen (secondary N) is 1. The molecule has 0 aromatic carbocycles. The highest BCUT2D eigenvalue weighted by Gasteiger charge is 2.32. The van der Waals surface area contributed by atoms with E-state index in [1.54, 1.807) is 10.8 Å². The van der Waals surface area contributed by atoms with E-state index in [1.165, 1.54) is 0 Å². The summed E-state index contributed by atoms with van der Waals surface area (Å²) in [6.45, 7) is 4.40. The Bertz CT molecular complexity index is 525. The first-order chi connectivity index (χ1) is 8.02. The van der Waals surface area contributed by atoms with E-state index in [9.17, 15) is 9.59 Å². The molecule has 6 heteroatoms. The van der Waals surface area contributed by atoms with Crippen molar-refractivity contribution in [3.8, 4) is 0 Å². The lowest BCUT2D eigenvalue weighted by Crippen LogP contribution is -2.32. The second kappa shape index (κ2) is 5.17. The van der Waals surface area contributed by atoms with Crippen molar-refractivity contribution in [3.05, 3.63) is 30.6 Å². The van der Waals surface area contributed by atoms with Gasteiger partial charge in [0, 0.05) is 11.4 Å². The Labute approximate surface area is 117 Å². The average Bonchev–Trinajstić information content (AvgIpc) is 2.65. The van der Waals surface area contributed by atoms with E-state index in [0.29, 0.717) is 14.7 Å². The second-order valence-corrected chi connectivity index (χ2v) is 6.98. The van der Waals surface area contributed by atoms with Gasteiger partial charge in [0.2, 0.25) is 0 Å². The van der Waals surface area contributed by atoms with E-state index >= 15 is 0 Å². The number of nitrogens with zero attached hydrogens (tertiary/aromatic N) is 1. The highest BCUT2D eigenvalue weighted by atomic mass is 127. The molecule has 1 aliphatic rings. The van der Waals surface area contributed by atoms with Gasteiger partial charge < -0.3 is 0 Å². The van der Waals surface area contributed by atoms with Gasteiger partial charge in [-0.25, -0.2) is 4.79 Å². The van der Waals surface area contributed by atoms with E-state index in [2.05, 4.69) is 18.8 Å². The Morgan fingerprint density at radius 1 is 1.59 bits per heavy atom. The van der Waals surface area contributed by atoms with Gasteiger partial charge in [-0.15, -0.1) is 11.8 Å². The van der Waals surface area contributed by atoms with Gasteiger partial charge >= 0.3 is 5.69 Å². The van der Waals surface area contributed by atoms with E-state index in [1.807, 2.05) is 34.4 Å². The predicted molar refractivity (Wildman–Crippen MR) is 78.5 cm³/mol. The Kier molecular flexibility index (Phi) is 4.02. The molecule has 0 saturated carbocycles. The highest BCUT2D eigenvalue weighted by Crippen LogP contribution is 2.45. The molecule has 1 N–H and O–H groups in total. The molecule has 94 valence electrons. The summed E-state index contributed by atoms with van der Waals surface area (Å²) in [5.41, 5.74) is -0.591. The third-order valence-electron chi connectivity index (χ3n) is 3.18. The van der Waals surface area contributed by atoms with Crippen LogP contribution in [0.5, 0.6) is 0 Å². The van der Waals surface area contributed by atoms with E-state index in [-0.39, 0.29) is 16.6 Å². The third-order valence-corrected chi connectivity index (χ3v) is 5.83. The molecule has 1 saturated heterocycles. The fourth-order valence-corrected chi connectivity index (χ4v) is 4.33. The van der Waals surface area contributed by atoms with Crippen molar-refractivity contribution in [3.63, 3.8) is 0 Å². The SMILES string of the molecule is CCC1SC(n2cc(I)c(=O)[nH]c2=O)CC1C. The number of aromatic nitrogens is 2. The molecule has 2 rings (SSSR count). The molecule has 4 nitrogen and oxygen atoms in total. The standard InChI is InChI=1S/C11H15IN2O2S/c1-3-8-6(2)4-9(17-8)14-5-7(12)10(15)13-11(14)16/h5-6,8-9H,3-4H2,1-2H3,(H,13,15,16). The molecule has 0 aliphatic carbocycles. The normalized spacial score (nSPS) is 28.5. The van der Waals surface area contributed by atoms with Crippen LogP contribution in [0.25, 0.3) is 0 Å². The Morgan fingerprint density at radius 2 is 2.29 bits per heavy atom. The van der Waals surface area contributed by atoms with Crippen LogP contribution in [0.4, 0.5) is 0 Å². The molecule has 1 aliphatic heterocycles. The first-order valence-electron chi connectivity index (χ1n) is 5.69. The number of hydrogen-bond donors (Lipinski definition) is 1. The molecule has 17 heavy (non-hydrogen) atoms.